The van der Waals surface area contributed by atoms with E-state index >= 15 is 0 Å². The number of benzene rings is 1. The highest BCUT2D eigenvalue weighted by molar-refractivity contribution is 5.77. The van der Waals surface area contributed by atoms with Crippen LogP contribution >= 0.6 is 0 Å². The molecule has 1 N–H and O–H groups in total. The van der Waals surface area contributed by atoms with E-state index < -0.39 is 0 Å². The minimum Gasteiger partial charge on any atom is -0.337 e. The zero-order chi connectivity index (χ0) is 13.8. The van der Waals surface area contributed by atoms with E-state index in [1.54, 1.807) is 0 Å². The summed E-state index contributed by atoms with van der Waals surface area (Å²) in [4.78, 5) is 14.3. The van der Waals surface area contributed by atoms with Crippen LogP contribution in [0, 0.1) is 6.92 Å². The van der Waals surface area contributed by atoms with E-state index in [1.165, 1.54) is 11.1 Å². The Hall–Kier alpha value is -1.35. The minimum absolute atomic E-state index is 0.279. The highest BCUT2D eigenvalue weighted by Crippen LogP contribution is 2.11. The standard InChI is InChI=1S/C16H24N2O/c1-12-4-6-15(7-5-12)8-9-16(19)18-11-13(2)17-10-14(18)3/h4-7,13-14,17H,8-11H2,1-3H3. The summed E-state index contributed by atoms with van der Waals surface area (Å²) in [5, 5.41) is 3.40. The van der Waals surface area contributed by atoms with E-state index in [4.69, 9.17) is 0 Å². The molecule has 2 atom stereocenters. The van der Waals surface area contributed by atoms with Crippen LogP contribution in [0.1, 0.15) is 31.4 Å². The fourth-order valence-electron chi connectivity index (χ4n) is 2.52. The molecule has 1 aromatic rings. The van der Waals surface area contributed by atoms with E-state index in [-0.39, 0.29) is 5.91 Å². The number of carbonyl (C=O) groups excluding carboxylic acids is 1. The first-order chi connectivity index (χ1) is 9.06. The molecule has 0 radical (unpaired) electrons. The summed E-state index contributed by atoms with van der Waals surface area (Å²) >= 11 is 0. The van der Waals surface area contributed by atoms with Gasteiger partial charge >= 0.3 is 0 Å². The number of amides is 1. The minimum atomic E-state index is 0.279. The third kappa shape index (κ3) is 3.80. The number of hydrogen-bond acceptors (Lipinski definition) is 2. The van der Waals surface area contributed by atoms with E-state index in [9.17, 15) is 4.79 Å². The number of rotatable bonds is 3. The van der Waals surface area contributed by atoms with Gasteiger partial charge in [0.25, 0.3) is 0 Å². The SMILES string of the molecule is Cc1ccc(CCC(=O)N2CC(C)NCC2C)cc1. The van der Waals surface area contributed by atoms with E-state index in [2.05, 4.69) is 50.4 Å². The molecule has 1 aromatic carbocycles. The van der Waals surface area contributed by atoms with Crippen LogP contribution in [0.15, 0.2) is 24.3 Å². The van der Waals surface area contributed by atoms with Crippen molar-refractivity contribution in [1.82, 2.24) is 10.2 Å². The van der Waals surface area contributed by atoms with Crippen molar-refractivity contribution in [3.05, 3.63) is 35.4 Å². The van der Waals surface area contributed by atoms with Crippen molar-refractivity contribution in [3.63, 3.8) is 0 Å². The van der Waals surface area contributed by atoms with Gasteiger partial charge in [0.2, 0.25) is 5.91 Å². The van der Waals surface area contributed by atoms with E-state index in [0.29, 0.717) is 18.5 Å². The highest BCUT2D eigenvalue weighted by Gasteiger charge is 2.25. The second kappa shape index (κ2) is 6.20. The van der Waals surface area contributed by atoms with Crippen LogP contribution in [0.4, 0.5) is 0 Å². The molecule has 19 heavy (non-hydrogen) atoms. The molecule has 1 fully saturated rings. The molecule has 3 nitrogen and oxygen atoms in total. The van der Waals surface area contributed by atoms with Gasteiger partial charge in [-0.15, -0.1) is 0 Å². The molecule has 0 aromatic heterocycles. The monoisotopic (exact) mass is 260 g/mol. The normalized spacial score (nSPS) is 23.4. The Kier molecular flexibility index (Phi) is 4.59. The van der Waals surface area contributed by atoms with Gasteiger partial charge < -0.3 is 10.2 Å². The highest BCUT2D eigenvalue weighted by atomic mass is 16.2. The molecule has 0 spiro atoms. The molecule has 104 valence electrons. The number of hydrogen-bond donors (Lipinski definition) is 1. The predicted molar refractivity (Wildman–Crippen MR) is 78.1 cm³/mol. The Labute approximate surface area is 116 Å². The summed E-state index contributed by atoms with van der Waals surface area (Å²) in [6, 6.07) is 9.16. The van der Waals surface area contributed by atoms with Crippen molar-refractivity contribution in [1.29, 1.82) is 0 Å². The molecule has 1 heterocycles. The third-order valence-electron chi connectivity index (χ3n) is 3.83. The molecule has 1 amide bonds. The summed E-state index contributed by atoms with van der Waals surface area (Å²) in [7, 11) is 0. The Morgan fingerprint density at radius 2 is 2.00 bits per heavy atom. The van der Waals surface area contributed by atoms with Crippen LogP contribution in [-0.2, 0) is 11.2 Å². The molecule has 1 aliphatic rings. The van der Waals surface area contributed by atoms with Crippen LogP contribution in [0.5, 0.6) is 0 Å². The lowest BCUT2D eigenvalue weighted by atomic mass is 10.1. The molecular formula is C16H24N2O. The first-order valence-corrected chi connectivity index (χ1v) is 7.14. The zero-order valence-corrected chi connectivity index (χ0v) is 12.1. The predicted octanol–water partition coefficient (Wildman–Crippen LogP) is 2.14. The number of nitrogens with zero attached hydrogens (tertiary/aromatic N) is 1. The zero-order valence-electron chi connectivity index (χ0n) is 12.1. The maximum absolute atomic E-state index is 12.3. The van der Waals surface area contributed by atoms with Crippen molar-refractivity contribution < 1.29 is 4.79 Å². The van der Waals surface area contributed by atoms with Gasteiger partial charge in [0, 0.05) is 31.6 Å². The quantitative estimate of drug-likeness (QED) is 0.903. The molecule has 3 heteroatoms. The average Bonchev–Trinajstić information content (AvgIpc) is 2.40. The summed E-state index contributed by atoms with van der Waals surface area (Å²) < 4.78 is 0. The van der Waals surface area contributed by atoms with Gasteiger partial charge in [-0.1, -0.05) is 29.8 Å². The first-order valence-electron chi connectivity index (χ1n) is 7.14. The van der Waals surface area contributed by atoms with Gasteiger partial charge in [-0.2, -0.15) is 0 Å². The number of carbonyl (C=O) groups is 1. The third-order valence-corrected chi connectivity index (χ3v) is 3.83. The summed E-state index contributed by atoms with van der Waals surface area (Å²) in [5.41, 5.74) is 2.51. The van der Waals surface area contributed by atoms with Crippen LogP contribution in [0.25, 0.3) is 0 Å². The lowest BCUT2D eigenvalue weighted by Gasteiger charge is -2.37. The summed E-state index contributed by atoms with van der Waals surface area (Å²) in [6.45, 7) is 8.05. The largest absolute Gasteiger partial charge is 0.337 e. The van der Waals surface area contributed by atoms with Crippen LogP contribution in [0.3, 0.4) is 0 Å². The fourth-order valence-corrected chi connectivity index (χ4v) is 2.52. The number of nitrogens with one attached hydrogen (secondary N) is 1. The Balaban J connectivity index is 1.88. The second-order valence-electron chi connectivity index (χ2n) is 5.69. The Morgan fingerprint density at radius 1 is 1.32 bits per heavy atom. The van der Waals surface area contributed by atoms with Crippen LogP contribution < -0.4 is 5.32 Å². The molecule has 1 aliphatic heterocycles. The van der Waals surface area contributed by atoms with Gasteiger partial charge in [0.1, 0.15) is 0 Å². The van der Waals surface area contributed by atoms with Crippen molar-refractivity contribution in [2.24, 2.45) is 0 Å². The first kappa shape index (κ1) is 14.1. The molecule has 0 bridgehead atoms. The van der Waals surface area contributed by atoms with Gasteiger partial charge in [0.15, 0.2) is 0 Å². The topological polar surface area (TPSA) is 32.3 Å². The summed E-state index contributed by atoms with van der Waals surface area (Å²) in [5.74, 6) is 0.279. The van der Waals surface area contributed by atoms with Crippen molar-refractivity contribution in [3.8, 4) is 0 Å². The van der Waals surface area contributed by atoms with Crippen molar-refractivity contribution in [2.45, 2.75) is 45.7 Å². The molecule has 2 unspecified atom stereocenters. The number of piperazine rings is 1. The smallest absolute Gasteiger partial charge is 0.223 e. The lowest BCUT2D eigenvalue weighted by molar-refractivity contribution is -0.134. The van der Waals surface area contributed by atoms with Crippen LogP contribution in [0.2, 0.25) is 0 Å². The average molecular weight is 260 g/mol. The maximum atomic E-state index is 12.3. The van der Waals surface area contributed by atoms with Crippen molar-refractivity contribution >= 4 is 5.91 Å². The lowest BCUT2D eigenvalue weighted by Crippen LogP contribution is -2.56. The summed E-state index contributed by atoms with van der Waals surface area (Å²) in [6.07, 6.45) is 1.45. The second-order valence-corrected chi connectivity index (χ2v) is 5.69. The molecule has 0 saturated carbocycles. The maximum Gasteiger partial charge on any atom is 0.223 e. The molecule has 0 aliphatic carbocycles. The van der Waals surface area contributed by atoms with E-state index in [0.717, 1.165) is 19.5 Å². The number of aryl methyl sites for hydroxylation is 2. The molecular weight excluding hydrogens is 236 g/mol. The van der Waals surface area contributed by atoms with Crippen molar-refractivity contribution in [2.75, 3.05) is 13.1 Å². The Bertz CT molecular complexity index is 427. The van der Waals surface area contributed by atoms with Gasteiger partial charge in [-0.25, -0.2) is 0 Å². The van der Waals surface area contributed by atoms with Gasteiger partial charge in [-0.3, -0.25) is 4.79 Å². The van der Waals surface area contributed by atoms with E-state index in [1.807, 2.05) is 4.90 Å². The fraction of sp³-hybridized carbons (Fsp3) is 0.562. The van der Waals surface area contributed by atoms with Gasteiger partial charge in [0.05, 0.1) is 0 Å². The Morgan fingerprint density at radius 3 is 2.68 bits per heavy atom. The molecule has 1 saturated heterocycles. The van der Waals surface area contributed by atoms with Gasteiger partial charge in [-0.05, 0) is 32.8 Å². The molecule has 2 rings (SSSR count). The van der Waals surface area contributed by atoms with Crippen LogP contribution in [-0.4, -0.2) is 36.0 Å².